The highest BCUT2D eigenvalue weighted by Crippen LogP contribution is 2.24. The number of hydrogen-bond acceptors (Lipinski definition) is 4. The molecule has 2 N–H and O–H groups in total. The van der Waals surface area contributed by atoms with E-state index < -0.39 is 0 Å². The molecule has 0 aliphatic rings. The van der Waals surface area contributed by atoms with Crippen molar-refractivity contribution < 1.29 is 14.3 Å². The number of amides is 1. The number of aliphatic hydroxyl groups is 1. The smallest absolute Gasteiger partial charge is 0.226 e. The molecular formula is C14H15FN2O2S. The maximum Gasteiger partial charge on any atom is 0.226 e. The molecule has 6 heteroatoms. The summed E-state index contributed by atoms with van der Waals surface area (Å²) < 4.78 is 13.1. The minimum Gasteiger partial charge on any atom is -0.394 e. The predicted octanol–water partition coefficient (Wildman–Crippen LogP) is 1.99. The fourth-order valence-electron chi connectivity index (χ4n) is 1.68. The molecule has 1 aromatic carbocycles. The van der Waals surface area contributed by atoms with Gasteiger partial charge in [-0.1, -0.05) is 12.1 Å². The highest BCUT2D eigenvalue weighted by atomic mass is 32.1. The van der Waals surface area contributed by atoms with E-state index in [2.05, 4.69) is 10.3 Å². The van der Waals surface area contributed by atoms with Crippen LogP contribution in [-0.4, -0.2) is 28.6 Å². The monoisotopic (exact) mass is 294 g/mol. The van der Waals surface area contributed by atoms with E-state index in [0.29, 0.717) is 16.3 Å². The van der Waals surface area contributed by atoms with Gasteiger partial charge in [-0.2, -0.15) is 0 Å². The molecule has 20 heavy (non-hydrogen) atoms. The van der Waals surface area contributed by atoms with E-state index >= 15 is 0 Å². The number of nitrogens with one attached hydrogen (secondary N) is 1. The van der Waals surface area contributed by atoms with Crippen molar-refractivity contribution in [3.63, 3.8) is 0 Å². The van der Waals surface area contributed by atoms with Gasteiger partial charge in [0.1, 0.15) is 10.8 Å². The van der Waals surface area contributed by atoms with E-state index in [1.807, 2.05) is 0 Å². The first-order valence-corrected chi connectivity index (χ1v) is 7.07. The van der Waals surface area contributed by atoms with Gasteiger partial charge in [-0.15, -0.1) is 11.3 Å². The van der Waals surface area contributed by atoms with Gasteiger partial charge in [-0.3, -0.25) is 4.79 Å². The van der Waals surface area contributed by atoms with Crippen LogP contribution in [0.1, 0.15) is 12.6 Å². The highest BCUT2D eigenvalue weighted by molar-refractivity contribution is 7.13. The number of nitrogens with zero attached hydrogens (tertiary/aromatic N) is 1. The minimum absolute atomic E-state index is 0.0999. The summed E-state index contributed by atoms with van der Waals surface area (Å²) in [6.45, 7) is 1.62. The third kappa shape index (κ3) is 3.85. The molecule has 1 atom stereocenters. The van der Waals surface area contributed by atoms with Gasteiger partial charge in [0.05, 0.1) is 18.7 Å². The van der Waals surface area contributed by atoms with Gasteiger partial charge in [0.2, 0.25) is 5.91 Å². The molecule has 1 unspecified atom stereocenters. The van der Waals surface area contributed by atoms with Crippen LogP contribution < -0.4 is 5.32 Å². The number of thiazole rings is 1. The van der Waals surface area contributed by atoms with Crippen LogP contribution in [-0.2, 0) is 11.2 Å². The third-order valence-electron chi connectivity index (χ3n) is 2.65. The number of aliphatic hydroxyl groups excluding tert-OH is 1. The normalized spacial score (nSPS) is 12.2. The van der Waals surface area contributed by atoms with Crippen molar-refractivity contribution >= 4 is 17.2 Å². The number of hydrogen-bond donors (Lipinski definition) is 2. The van der Waals surface area contributed by atoms with Crippen molar-refractivity contribution in [1.82, 2.24) is 10.3 Å². The van der Waals surface area contributed by atoms with E-state index in [9.17, 15) is 9.18 Å². The third-order valence-corrected chi connectivity index (χ3v) is 3.59. The van der Waals surface area contributed by atoms with Gasteiger partial charge in [-0.25, -0.2) is 9.37 Å². The Morgan fingerprint density at radius 3 is 3.05 bits per heavy atom. The molecule has 1 heterocycles. The van der Waals surface area contributed by atoms with Gasteiger partial charge < -0.3 is 10.4 Å². The van der Waals surface area contributed by atoms with Crippen LogP contribution in [0, 0.1) is 5.82 Å². The Bertz CT molecular complexity index is 600. The second kappa shape index (κ2) is 6.58. The second-order valence-electron chi connectivity index (χ2n) is 4.48. The topological polar surface area (TPSA) is 62.2 Å². The lowest BCUT2D eigenvalue weighted by atomic mass is 10.2. The van der Waals surface area contributed by atoms with Gasteiger partial charge in [0, 0.05) is 17.0 Å². The molecule has 0 aliphatic carbocycles. The molecule has 0 bridgehead atoms. The summed E-state index contributed by atoms with van der Waals surface area (Å²) >= 11 is 1.37. The summed E-state index contributed by atoms with van der Waals surface area (Å²) in [6, 6.07) is 5.92. The van der Waals surface area contributed by atoms with Crippen LogP contribution in [0.5, 0.6) is 0 Å². The maximum atomic E-state index is 13.1. The van der Waals surface area contributed by atoms with Crippen LogP contribution in [0.15, 0.2) is 29.6 Å². The number of rotatable bonds is 5. The number of halogens is 1. The van der Waals surface area contributed by atoms with Crippen molar-refractivity contribution in [2.24, 2.45) is 0 Å². The molecule has 2 rings (SSSR count). The molecule has 4 nitrogen and oxygen atoms in total. The largest absolute Gasteiger partial charge is 0.394 e. The molecule has 1 amide bonds. The van der Waals surface area contributed by atoms with Crippen LogP contribution >= 0.6 is 11.3 Å². The molecule has 0 spiro atoms. The van der Waals surface area contributed by atoms with Gasteiger partial charge in [0.25, 0.3) is 0 Å². The lowest BCUT2D eigenvalue weighted by molar-refractivity contribution is -0.121. The first-order valence-electron chi connectivity index (χ1n) is 6.19. The highest BCUT2D eigenvalue weighted by Gasteiger charge is 2.11. The average Bonchev–Trinajstić information content (AvgIpc) is 2.87. The van der Waals surface area contributed by atoms with Crippen molar-refractivity contribution in [3.05, 3.63) is 41.2 Å². The Morgan fingerprint density at radius 2 is 2.35 bits per heavy atom. The van der Waals surface area contributed by atoms with E-state index in [-0.39, 0.29) is 30.8 Å². The first-order chi connectivity index (χ1) is 9.58. The molecule has 0 radical (unpaired) electrons. The SMILES string of the molecule is CC(CO)NC(=O)Cc1csc(-c2cccc(F)c2)n1. The van der Waals surface area contributed by atoms with Crippen LogP contribution in [0.25, 0.3) is 10.6 Å². The van der Waals surface area contributed by atoms with Crippen molar-refractivity contribution in [2.45, 2.75) is 19.4 Å². The number of carbonyl (C=O) groups is 1. The summed E-state index contributed by atoms with van der Waals surface area (Å²) in [4.78, 5) is 16.0. The Morgan fingerprint density at radius 1 is 1.55 bits per heavy atom. The fraction of sp³-hybridized carbons (Fsp3) is 0.286. The first kappa shape index (κ1) is 14.6. The molecule has 0 saturated heterocycles. The Balaban J connectivity index is 2.04. The lowest BCUT2D eigenvalue weighted by Gasteiger charge is -2.09. The zero-order valence-corrected chi connectivity index (χ0v) is 11.8. The maximum absolute atomic E-state index is 13.1. The molecule has 0 aliphatic heterocycles. The zero-order valence-electron chi connectivity index (χ0n) is 11.0. The predicted molar refractivity (Wildman–Crippen MR) is 75.9 cm³/mol. The van der Waals surface area contributed by atoms with Crippen molar-refractivity contribution in [1.29, 1.82) is 0 Å². The van der Waals surface area contributed by atoms with Crippen LogP contribution in [0.4, 0.5) is 4.39 Å². The minimum atomic E-state index is -0.311. The Labute approximate surface area is 120 Å². The van der Waals surface area contributed by atoms with Crippen molar-refractivity contribution in [3.8, 4) is 10.6 Å². The molecular weight excluding hydrogens is 279 g/mol. The Kier molecular flexibility index (Phi) is 4.81. The summed E-state index contributed by atoms with van der Waals surface area (Å²) in [5, 5.41) is 14.0. The quantitative estimate of drug-likeness (QED) is 0.886. The van der Waals surface area contributed by atoms with Crippen LogP contribution in [0.2, 0.25) is 0 Å². The lowest BCUT2D eigenvalue weighted by Crippen LogP contribution is -2.36. The average molecular weight is 294 g/mol. The van der Waals surface area contributed by atoms with E-state index in [1.165, 1.54) is 23.5 Å². The number of carbonyl (C=O) groups excluding carboxylic acids is 1. The van der Waals surface area contributed by atoms with Gasteiger partial charge in [0.15, 0.2) is 0 Å². The van der Waals surface area contributed by atoms with Gasteiger partial charge >= 0.3 is 0 Å². The number of benzene rings is 1. The second-order valence-corrected chi connectivity index (χ2v) is 5.34. The van der Waals surface area contributed by atoms with E-state index in [4.69, 9.17) is 5.11 Å². The van der Waals surface area contributed by atoms with Gasteiger partial charge in [-0.05, 0) is 19.1 Å². The standard InChI is InChI=1S/C14H15FN2O2S/c1-9(7-18)16-13(19)6-12-8-20-14(17-12)10-3-2-4-11(15)5-10/h2-5,8-9,18H,6-7H2,1H3,(H,16,19). The Hall–Kier alpha value is -1.79. The molecule has 106 valence electrons. The fourth-order valence-corrected chi connectivity index (χ4v) is 2.49. The summed E-state index contributed by atoms with van der Waals surface area (Å²) in [7, 11) is 0. The molecule has 2 aromatic rings. The van der Waals surface area contributed by atoms with E-state index in [1.54, 1.807) is 24.4 Å². The van der Waals surface area contributed by atoms with E-state index in [0.717, 1.165) is 0 Å². The molecule has 0 saturated carbocycles. The molecule has 1 aromatic heterocycles. The van der Waals surface area contributed by atoms with Crippen LogP contribution in [0.3, 0.4) is 0 Å². The number of aromatic nitrogens is 1. The summed E-state index contributed by atoms with van der Waals surface area (Å²) in [5.74, 6) is -0.503. The zero-order chi connectivity index (χ0) is 14.5. The van der Waals surface area contributed by atoms with Crippen molar-refractivity contribution in [2.75, 3.05) is 6.61 Å². The summed E-state index contributed by atoms with van der Waals surface area (Å²) in [5.41, 5.74) is 1.34. The molecule has 0 fully saturated rings. The summed E-state index contributed by atoms with van der Waals surface area (Å²) in [6.07, 6.45) is 0.149.